The lowest BCUT2D eigenvalue weighted by molar-refractivity contribution is -0.144. The monoisotopic (exact) mass is 1230 g/mol. The third kappa shape index (κ3) is 16.3. The summed E-state index contributed by atoms with van der Waals surface area (Å²) in [6.07, 6.45) is 16.4. The number of carbonyl (C=O) groups excluding carboxylic acids is 2. The van der Waals surface area contributed by atoms with Crippen LogP contribution in [0.2, 0.25) is 51.4 Å². The van der Waals surface area contributed by atoms with Crippen molar-refractivity contribution in [3.8, 4) is 44.8 Å². The van der Waals surface area contributed by atoms with E-state index in [0.717, 1.165) is 141 Å². The van der Waals surface area contributed by atoms with Crippen molar-refractivity contribution in [1.82, 2.24) is 39.2 Å². The predicted octanol–water partition coefficient (Wildman–Crippen LogP) is 14.1. The first-order chi connectivity index (χ1) is 40.4. The molecule has 2 saturated carbocycles. The van der Waals surface area contributed by atoms with Crippen molar-refractivity contribution in [1.29, 1.82) is 0 Å². The second kappa shape index (κ2) is 28.6. The van der Waals surface area contributed by atoms with Gasteiger partial charge in [0.15, 0.2) is 17.1 Å². The molecule has 2 fully saturated rings. The van der Waals surface area contributed by atoms with Crippen molar-refractivity contribution in [3.63, 3.8) is 0 Å². The van der Waals surface area contributed by atoms with Gasteiger partial charge in [-0.25, -0.2) is 9.97 Å². The van der Waals surface area contributed by atoms with E-state index in [1.54, 1.807) is 10.7 Å². The van der Waals surface area contributed by atoms with Crippen LogP contribution in [0, 0.1) is 11.8 Å². The van der Waals surface area contributed by atoms with Gasteiger partial charge in [0.25, 0.3) is 0 Å². The van der Waals surface area contributed by atoms with Crippen molar-refractivity contribution < 1.29 is 23.8 Å². The molecule has 2 aliphatic rings. The number of anilines is 2. The molecule has 0 saturated heterocycles. The van der Waals surface area contributed by atoms with E-state index >= 15 is 0 Å². The van der Waals surface area contributed by atoms with Crippen molar-refractivity contribution in [2.45, 2.75) is 134 Å². The highest BCUT2D eigenvalue weighted by molar-refractivity contribution is 9.10. The second-order valence-corrected chi connectivity index (χ2v) is 37.1. The quantitative estimate of drug-likeness (QED) is 0.0265. The summed E-state index contributed by atoms with van der Waals surface area (Å²) in [5.41, 5.74) is 23.1. The maximum atomic E-state index is 12.3. The Morgan fingerprint density at radius 3 is 1.62 bits per heavy atom. The van der Waals surface area contributed by atoms with E-state index in [0.29, 0.717) is 69.7 Å². The Bertz CT molecular complexity index is 3410. The third-order valence-electron chi connectivity index (χ3n) is 16.2. The number of benzene rings is 2. The molecule has 84 heavy (non-hydrogen) atoms. The number of fused-ring (bicyclic) bond motifs is 2. The van der Waals surface area contributed by atoms with Gasteiger partial charge in [0.2, 0.25) is 0 Å². The number of ketones is 1. The van der Waals surface area contributed by atoms with Crippen molar-refractivity contribution in [3.05, 3.63) is 132 Å². The van der Waals surface area contributed by atoms with Crippen molar-refractivity contribution >= 4 is 66.8 Å². The van der Waals surface area contributed by atoms with Crippen LogP contribution in [0.1, 0.15) is 94.4 Å². The fourth-order valence-electron chi connectivity index (χ4n) is 11.2. The number of pyridine rings is 2. The molecule has 444 valence electrons. The van der Waals surface area contributed by atoms with E-state index < -0.39 is 16.1 Å². The molecule has 0 atom stereocenters. The molecule has 0 spiro atoms. The summed E-state index contributed by atoms with van der Waals surface area (Å²) in [6, 6.07) is 32.7. The number of hydrogen-bond acceptors (Lipinski definition) is 14. The number of nitrogens with two attached hydrogens (primary N) is 2. The van der Waals surface area contributed by atoms with Gasteiger partial charge in [-0.2, -0.15) is 19.2 Å². The molecule has 4 N–H and O–H groups in total. The lowest BCUT2D eigenvalue weighted by atomic mass is 9.78. The predicted molar refractivity (Wildman–Crippen MR) is 345 cm³/mol. The number of aromatic nitrogens is 8. The average Bonchev–Trinajstić information content (AvgIpc) is 2.38. The Labute approximate surface area is 505 Å². The van der Waals surface area contributed by atoms with Crippen LogP contribution in [-0.4, -0.2) is 107 Å². The minimum absolute atomic E-state index is 0.0985. The number of carbonyl (C=O) groups is 2. The fraction of sp³-hybridized carbons (Fsp3) is 0.446. The maximum absolute atomic E-state index is 12.3. The minimum atomic E-state index is -1.27. The summed E-state index contributed by atoms with van der Waals surface area (Å²) >= 11 is 4.05. The molecule has 16 nitrogen and oxygen atoms in total. The van der Waals surface area contributed by atoms with Gasteiger partial charge < -0.3 is 30.6 Å². The standard InChI is InChI=1S/C39H56BrN5O4Si2.C26H28N6O/c1-8-49-35(46)24-29-14-16-31(17-15-29)37-36(40)39(44(27-47-20-22-50(2,3)4)28-48-21-23-51(5,6)7)45-38(43-37)33(26-42-45)32-18-19-34(41-25-32)30-12-10-9-11-13-30;27-14-21(33)12-17-6-8-19(9-7-17)24-13-25(28)32-26(31-24)22(16-30-32)20-10-11-23(29-15-20)18-4-2-1-3-5-18/h9-13,18-19,25-26,29,31H,8,14-17,20-24,27-28H2,1-7H3;1-5,10-11,13,15-17,19H,6-9,12,14,27-28H2. The highest BCUT2D eigenvalue weighted by Gasteiger charge is 2.32. The lowest BCUT2D eigenvalue weighted by Crippen LogP contribution is -2.34. The summed E-state index contributed by atoms with van der Waals surface area (Å²) in [7, 11) is -2.54. The highest BCUT2D eigenvalue weighted by Crippen LogP contribution is 2.44. The zero-order valence-electron chi connectivity index (χ0n) is 50.1. The topological polar surface area (TPSA) is 203 Å². The summed E-state index contributed by atoms with van der Waals surface area (Å²) in [5, 5.41) is 9.41. The number of ether oxygens (including phenoxy) is 3. The van der Waals surface area contributed by atoms with E-state index in [1.807, 2.05) is 90.7 Å². The number of halogens is 1. The van der Waals surface area contributed by atoms with Crippen LogP contribution in [-0.2, 0) is 23.8 Å². The van der Waals surface area contributed by atoms with E-state index in [2.05, 4.69) is 101 Å². The maximum Gasteiger partial charge on any atom is 0.306 e. The Morgan fingerprint density at radius 2 is 1.13 bits per heavy atom. The van der Waals surface area contributed by atoms with Gasteiger partial charge in [-0.1, -0.05) is 112 Å². The van der Waals surface area contributed by atoms with Crippen molar-refractivity contribution in [2.75, 3.05) is 50.5 Å². The van der Waals surface area contributed by atoms with E-state index in [9.17, 15) is 9.59 Å². The molecular formula is C65H84BrN11O5Si2. The van der Waals surface area contributed by atoms with Crippen LogP contribution in [0.15, 0.2) is 120 Å². The summed E-state index contributed by atoms with van der Waals surface area (Å²) in [5.74, 6) is 2.83. The summed E-state index contributed by atoms with van der Waals surface area (Å²) in [6.45, 7) is 18.8. The van der Waals surface area contributed by atoms with Crippen LogP contribution in [0.25, 0.3) is 56.1 Å². The van der Waals surface area contributed by atoms with Gasteiger partial charge in [-0.15, -0.1) is 0 Å². The first kappa shape index (κ1) is 62.1. The number of nitrogen functional groups attached to an aromatic ring is 1. The largest absolute Gasteiger partial charge is 0.466 e. The molecule has 19 heteroatoms. The Balaban J connectivity index is 0.000000220. The minimum Gasteiger partial charge on any atom is -0.466 e. The Hall–Kier alpha value is -6.49. The molecule has 0 aliphatic heterocycles. The zero-order chi connectivity index (χ0) is 59.4. The van der Waals surface area contributed by atoms with Crippen LogP contribution in [0.4, 0.5) is 11.6 Å². The van der Waals surface area contributed by atoms with Crippen LogP contribution < -0.4 is 16.4 Å². The van der Waals surface area contributed by atoms with E-state index in [4.69, 9.17) is 45.7 Å². The average molecular weight is 1240 g/mol. The Morgan fingerprint density at radius 1 is 0.631 bits per heavy atom. The molecule has 2 aromatic carbocycles. The molecule has 0 radical (unpaired) electrons. The van der Waals surface area contributed by atoms with Crippen molar-refractivity contribution in [2.24, 2.45) is 17.6 Å². The SMILES string of the molecule is CCOC(=O)CC1CCC(c2nc3c(-c4ccc(-c5ccccc5)nc4)cnn3c(N(COCC[Si](C)(C)C)COCC[Si](C)(C)C)c2Br)CC1.NCC(=O)CC1CCC(c2cc(N)n3ncc(-c4ccc(-c5ccccc5)nc4)c3n2)CC1. The van der Waals surface area contributed by atoms with Crippen LogP contribution in [0.5, 0.6) is 0 Å². The number of Topliss-reactive ketones (excluding diaryl/α,β-unsaturated/α-hetero) is 1. The van der Waals surface area contributed by atoms with Gasteiger partial charge in [-0.3, -0.25) is 19.6 Å². The fourth-order valence-corrected chi connectivity index (χ4v) is 13.6. The lowest BCUT2D eigenvalue weighted by Gasteiger charge is -2.31. The molecule has 0 amide bonds. The molecule has 2 aliphatic carbocycles. The third-order valence-corrected chi connectivity index (χ3v) is 20.4. The van der Waals surface area contributed by atoms with Gasteiger partial charge in [0.05, 0.1) is 47.1 Å². The van der Waals surface area contributed by atoms with Gasteiger partial charge in [0, 0.05) is 112 Å². The number of hydrogen-bond donors (Lipinski definition) is 2. The zero-order valence-corrected chi connectivity index (χ0v) is 53.7. The molecular weight excluding hydrogens is 1150 g/mol. The van der Waals surface area contributed by atoms with Crippen LogP contribution in [0.3, 0.4) is 0 Å². The number of esters is 1. The molecule has 10 rings (SSSR count). The first-order valence-electron chi connectivity index (χ1n) is 30.0. The van der Waals surface area contributed by atoms with E-state index in [-0.39, 0.29) is 24.2 Å². The molecule has 0 bridgehead atoms. The van der Waals surface area contributed by atoms with E-state index in [1.165, 1.54) is 0 Å². The Kier molecular flexibility index (Phi) is 21.1. The molecule has 8 aromatic rings. The second-order valence-electron chi connectivity index (χ2n) is 25.1. The summed E-state index contributed by atoms with van der Waals surface area (Å²) < 4.78 is 22.6. The first-order valence-corrected chi connectivity index (χ1v) is 38.2. The smallest absolute Gasteiger partial charge is 0.306 e. The number of rotatable bonds is 23. The van der Waals surface area contributed by atoms with Crippen LogP contribution >= 0.6 is 15.9 Å². The summed E-state index contributed by atoms with van der Waals surface area (Å²) in [4.78, 5) is 46.0. The normalized spacial score (nSPS) is 17.4. The number of nitrogens with zero attached hydrogens (tertiary/aromatic N) is 9. The van der Waals surface area contributed by atoms with Gasteiger partial charge >= 0.3 is 5.97 Å². The van der Waals surface area contributed by atoms with Gasteiger partial charge in [0.1, 0.15) is 25.1 Å². The molecule has 0 unspecified atom stereocenters. The molecule has 6 heterocycles. The molecule has 6 aromatic heterocycles. The highest BCUT2D eigenvalue weighted by atomic mass is 79.9. The van der Waals surface area contributed by atoms with Gasteiger partial charge in [-0.05, 0) is 110 Å².